The Morgan fingerprint density at radius 2 is 1.59 bits per heavy atom. The van der Waals surface area contributed by atoms with Gasteiger partial charge in [-0.05, 0) is 30.4 Å². The van der Waals surface area contributed by atoms with Crippen molar-refractivity contribution in [3.63, 3.8) is 0 Å². The Bertz CT molecular complexity index is 1270. The third-order valence-electron chi connectivity index (χ3n) is 6.31. The quantitative estimate of drug-likeness (QED) is 0.0619. The molecule has 0 spiro atoms. The highest BCUT2D eigenvalue weighted by Crippen LogP contribution is 2.19. The normalized spacial score (nSPS) is 14.0. The number of rotatable bonds is 16. The van der Waals surface area contributed by atoms with Gasteiger partial charge in [0.05, 0.1) is 12.5 Å². The number of amides is 4. The van der Waals surface area contributed by atoms with Crippen LogP contribution in [0.15, 0.2) is 35.5 Å². The zero-order valence-electron chi connectivity index (χ0n) is 23.1. The molecule has 15 nitrogen and oxygen atoms in total. The second kappa shape index (κ2) is 15.2. The Hall–Kier alpha value is -4.66. The second-order valence-corrected chi connectivity index (χ2v) is 9.98. The van der Waals surface area contributed by atoms with Crippen molar-refractivity contribution in [1.82, 2.24) is 20.9 Å². The van der Waals surface area contributed by atoms with Gasteiger partial charge in [0.25, 0.3) is 0 Å². The molecule has 0 bridgehead atoms. The number of para-hydroxylation sites is 1. The number of nitrogens with two attached hydrogens (primary N) is 4. The molecule has 0 fully saturated rings. The molecule has 4 atom stereocenters. The van der Waals surface area contributed by atoms with Crippen molar-refractivity contribution < 1.29 is 29.1 Å². The molecule has 1 heterocycles. The summed E-state index contributed by atoms with van der Waals surface area (Å²) in [7, 11) is 0. The first-order chi connectivity index (χ1) is 19.3. The summed E-state index contributed by atoms with van der Waals surface area (Å²) in [6, 6.07) is 2.38. The molecular weight excluding hydrogens is 534 g/mol. The lowest BCUT2D eigenvalue weighted by atomic mass is 10.0. The van der Waals surface area contributed by atoms with Crippen molar-refractivity contribution in [2.24, 2.45) is 33.8 Å². The number of carbonyl (C=O) groups excluding carboxylic acids is 4. The number of aliphatic carboxylic acids is 1. The Labute approximate surface area is 236 Å². The smallest absolute Gasteiger partial charge is 0.326 e. The van der Waals surface area contributed by atoms with Crippen molar-refractivity contribution >= 4 is 46.5 Å². The number of carboxylic acid groups (broad SMARTS) is 1. The van der Waals surface area contributed by atoms with Crippen molar-refractivity contribution in [2.75, 3.05) is 6.54 Å². The van der Waals surface area contributed by atoms with Gasteiger partial charge in [0.15, 0.2) is 5.96 Å². The lowest BCUT2D eigenvalue weighted by Gasteiger charge is -2.25. The van der Waals surface area contributed by atoms with E-state index in [-0.39, 0.29) is 25.3 Å². The van der Waals surface area contributed by atoms with Gasteiger partial charge in [-0.3, -0.25) is 24.2 Å². The van der Waals surface area contributed by atoms with Gasteiger partial charge in [0.1, 0.15) is 18.1 Å². The van der Waals surface area contributed by atoms with Gasteiger partial charge in [-0.1, -0.05) is 32.0 Å². The summed E-state index contributed by atoms with van der Waals surface area (Å²) in [6.07, 6.45) is 1.74. The number of fused-ring (bicyclic) bond motifs is 1. The predicted octanol–water partition coefficient (Wildman–Crippen LogP) is -1.84. The average molecular weight is 574 g/mol. The highest BCUT2D eigenvalue weighted by molar-refractivity contribution is 5.96. The summed E-state index contributed by atoms with van der Waals surface area (Å²) in [5, 5.41) is 17.7. The van der Waals surface area contributed by atoms with E-state index in [1.807, 2.05) is 24.3 Å². The van der Waals surface area contributed by atoms with Crippen LogP contribution in [0, 0.1) is 5.92 Å². The zero-order chi connectivity index (χ0) is 30.7. The number of hydrogen-bond donors (Lipinski definition) is 9. The number of aromatic nitrogens is 1. The van der Waals surface area contributed by atoms with E-state index in [9.17, 15) is 29.1 Å². The van der Waals surface area contributed by atoms with Crippen molar-refractivity contribution in [3.8, 4) is 0 Å². The monoisotopic (exact) mass is 573 g/mol. The minimum absolute atomic E-state index is 0.0109. The average Bonchev–Trinajstić information content (AvgIpc) is 3.30. The first-order valence-corrected chi connectivity index (χ1v) is 13.1. The van der Waals surface area contributed by atoms with E-state index in [4.69, 9.17) is 22.9 Å². The Kier molecular flexibility index (Phi) is 12.1. The van der Waals surface area contributed by atoms with Crippen LogP contribution >= 0.6 is 0 Å². The number of benzene rings is 1. The molecule has 0 aliphatic heterocycles. The number of H-pyrrole nitrogens is 1. The molecule has 41 heavy (non-hydrogen) atoms. The van der Waals surface area contributed by atoms with Gasteiger partial charge in [-0.2, -0.15) is 0 Å². The summed E-state index contributed by atoms with van der Waals surface area (Å²) in [4.78, 5) is 69.6. The number of nitrogens with zero attached hydrogens (tertiary/aromatic N) is 1. The van der Waals surface area contributed by atoms with Crippen LogP contribution in [0.4, 0.5) is 0 Å². The molecule has 15 heteroatoms. The van der Waals surface area contributed by atoms with Crippen molar-refractivity contribution in [2.45, 2.75) is 63.7 Å². The molecule has 2 rings (SSSR count). The molecule has 0 aliphatic rings. The minimum Gasteiger partial charge on any atom is -0.480 e. The number of carbonyl (C=O) groups is 5. The second-order valence-electron chi connectivity index (χ2n) is 9.98. The van der Waals surface area contributed by atoms with Gasteiger partial charge in [-0.25, -0.2) is 4.79 Å². The van der Waals surface area contributed by atoms with E-state index in [1.54, 1.807) is 20.0 Å². The van der Waals surface area contributed by atoms with E-state index in [1.165, 1.54) is 0 Å². The zero-order valence-corrected chi connectivity index (χ0v) is 23.1. The first-order valence-electron chi connectivity index (χ1n) is 13.1. The minimum atomic E-state index is -1.49. The van der Waals surface area contributed by atoms with Gasteiger partial charge >= 0.3 is 5.97 Å². The van der Waals surface area contributed by atoms with Gasteiger partial charge in [0, 0.05) is 30.1 Å². The SMILES string of the molecule is CC(C)C(NC(=O)C(CC(N)=O)NC(=O)C(Cc1c[nH]c2ccccc12)NC(=O)C(N)CCCN=C(N)N)C(=O)O. The van der Waals surface area contributed by atoms with Crippen LogP contribution in [0.25, 0.3) is 10.9 Å². The number of nitrogens with one attached hydrogen (secondary N) is 4. The van der Waals surface area contributed by atoms with E-state index >= 15 is 0 Å². The Morgan fingerprint density at radius 3 is 2.20 bits per heavy atom. The first kappa shape index (κ1) is 32.6. The van der Waals surface area contributed by atoms with Gasteiger partial charge in [-0.15, -0.1) is 0 Å². The maximum Gasteiger partial charge on any atom is 0.326 e. The predicted molar refractivity (Wildman–Crippen MR) is 152 cm³/mol. The molecule has 4 amide bonds. The molecule has 4 unspecified atom stereocenters. The van der Waals surface area contributed by atoms with Gasteiger partial charge in [0.2, 0.25) is 23.6 Å². The van der Waals surface area contributed by atoms with Crippen LogP contribution in [0.1, 0.15) is 38.7 Å². The molecule has 224 valence electrons. The van der Waals surface area contributed by atoms with Crippen LogP contribution < -0.4 is 38.9 Å². The maximum absolute atomic E-state index is 13.5. The molecule has 13 N–H and O–H groups in total. The molecular formula is C26H39N9O6. The van der Waals surface area contributed by atoms with E-state index in [0.717, 1.165) is 10.9 Å². The number of primary amides is 1. The van der Waals surface area contributed by atoms with Crippen LogP contribution in [0.5, 0.6) is 0 Å². The number of carboxylic acids is 1. The molecule has 0 saturated heterocycles. The summed E-state index contributed by atoms with van der Waals surface area (Å²) in [6.45, 7) is 3.45. The molecule has 0 saturated carbocycles. The highest BCUT2D eigenvalue weighted by atomic mass is 16.4. The molecule has 2 aromatic rings. The van der Waals surface area contributed by atoms with Crippen LogP contribution in [0.2, 0.25) is 0 Å². The van der Waals surface area contributed by atoms with E-state index in [0.29, 0.717) is 12.0 Å². The van der Waals surface area contributed by atoms with Crippen LogP contribution in [-0.2, 0) is 30.4 Å². The Morgan fingerprint density at radius 1 is 0.951 bits per heavy atom. The summed E-state index contributed by atoms with van der Waals surface area (Å²) < 4.78 is 0. The maximum atomic E-state index is 13.5. The summed E-state index contributed by atoms with van der Waals surface area (Å²) in [5.74, 6) is -5.09. The molecule has 1 aromatic carbocycles. The molecule has 0 radical (unpaired) electrons. The lowest BCUT2D eigenvalue weighted by Crippen LogP contribution is -2.58. The Balaban J connectivity index is 2.27. The third kappa shape index (κ3) is 10.1. The number of hydrogen-bond acceptors (Lipinski definition) is 7. The highest BCUT2D eigenvalue weighted by Gasteiger charge is 2.32. The van der Waals surface area contributed by atoms with Crippen LogP contribution in [-0.4, -0.2) is 76.4 Å². The number of aromatic amines is 1. The topological polar surface area (TPSA) is 274 Å². The summed E-state index contributed by atoms with van der Waals surface area (Å²) in [5.41, 5.74) is 23.4. The standard InChI is InChI=1S/C26H39N9O6/c1-13(2)21(25(40)41)35-24(39)19(11-20(28)36)34-23(38)18(10-14-12-32-17-8-4-3-6-15(14)17)33-22(37)16(27)7-5-9-31-26(29)30/h3-4,6,8,12-13,16,18-19,21,32H,5,7,9-11,27H2,1-2H3,(H2,28,36)(H,33,37)(H,34,38)(H,35,39)(H,40,41)(H4,29,30,31). The van der Waals surface area contributed by atoms with Crippen molar-refractivity contribution in [3.05, 3.63) is 36.0 Å². The molecule has 0 aliphatic carbocycles. The summed E-state index contributed by atoms with van der Waals surface area (Å²) >= 11 is 0. The fourth-order valence-corrected chi connectivity index (χ4v) is 4.11. The van der Waals surface area contributed by atoms with E-state index in [2.05, 4.69) is 25.9 Å². The van der Waals surface area contributed by atoms with E-state index < -0.39 is 66.1 Å². The largest absolute Gasteiger partial charge is 0.480 e. The third-order valence-corrected chi connectivity index (χ3v) is 6.31. The lowest BCUT2D eigenvalue weighted by molar-refractivity contribution is -0.143. The van der Waals surface area contributed by atoms with Gasteiger partial charge < -0.3 is 49.0 Å². The number of aliphatic imine (C=N–C) groups is 1. The van der Waals surface area contributed by atoms with Crippen molar-refractivity contribution in [1.29, 1.82) is 0 Å². The molecule has 1 aromatic heterocycles. The van der Waals surface area contributed by atoms with Crippen LogP contribution in [0.3, 0.4) is 0 Å². The number of guanidine groups is 1. The fourth-order valence-electron chi connectivity index (χ4n) is 4.11. The fraction of sp³-hybridized carbons (Fsp3) is 0.462.